The van der Waals surface area contributed by atoms with Gasteiger partial charge in [0, 0.05) is 24.2 Å². The number of halogens is 3. The Bertz CT molecular complexity index is 372. The first-order valence-electron chi connectivity index (χ1n) is 4.49. The minimum absolute atomic E-state index is 0. The van der Waals surface area contributed by atoms with Gasteiger partial charge in [-0.05, 0) is 19.1 Å². The highest BCUT2D eigenvalue weighted by molar-refractivity contribution is 5.91. The third kappa shape index (κ3) is 4.55. The lowest BCUT2D eigenvalue weighted by molar-refractivity contribution is -0.116. The smallest absolute Gasteiger partial charge is 0.225 e. The molecule has 1 aromatic rings. The molecule has 1 unspecified atom stereocenters. The number of hydrogen-bond donors (Lipinski definition) is 2. The van der Waals surface area contributed by atoms with Crippen LogP contribution in [-0.4, -0.2) is 11.9 Å². The predicted molar refractivity (Wildman–Crippen MR) is 60.5 cm³/mol. The number of benzene rings is 1. The average molecular weight is 251 g/mol. The molecule has 0 saturated carbocycles. The van der Waals surface area contributed by atoms with Crippen molar-refractivity contribution in [2.24, 2.45) is 5.73 Å². The van der Waals surface area contributed by atoms with E-state index in [1.807, 2.05) is 0 Å². The molecule has 0 heterocycles. The van der Waals surface area contributed by atoms with E-state index in [0.717, 1.165) is 12.1 Å². The molecule has 1 amide bonds. The molecule has 1 atom stereocenters. The maximum Gasteiger partial charge on any atom is 0.225 e. The minimum Gasteiger partial charge on any atom is -0.327 e. The summed E-state index contributed by atoms with van der Waals surface area (Å²) in [6.45, 7) is 1.69. The van der Waals surface area contributed by atoms with Crippen molar-refractivity contribution < 1.29 is 13.6 Å². The number of anilines is 1. The van der Waals surface area contributed by atoms with Crippen LogP contribution in [0.2, 0.25) is 0 Å². The molecule has 0 aliphatic rings. The zero-order valence-corrected chi connectivity index (χ0v) is 9.48. The van der Waals surface area contributed by atoms with Gasteiger partial charge < -0.3 is 11.1 Å². The van der Waals surface area contributed by atoms with Crippen LogP contribution in [0.25, 0.3) is 0 Å². The van der Waals surface area contributed by atoms with E-state index in [1.54, 1.807) is 6.92 Å². The van der Waals surface area contributed by atoms with Gasteiger partial charge in [0.05, 0.1) is 0 Å². The monoisotopic (exact) mass is 250 g/mol. The fraction of sp³-hybridized carbons (Fsp3) is 0.300. The average Bonchev–Trinajstić information content (AvgIpc) is 2.10. The molecule has 0 aromatic heterocycles. The maximum absolute atomic E-state index is 12.7. The Labute approximate surface area is 98.4 Å². The molecule has 6 heteroatoms. The first-order valence-corrected chi connectivity index (χ1v) is 4.49. The van der Waals surface area contributed by atoms with Gasteiger partial charge in [0.15, 0.2) is 11.6 Å². The van der Waals surface area contributed by atoms with Crippen LogP contribution in [0.4, 0.5) is 14.5 Å². The Balaban J connectivity index is 0.00000225. The number of rotatable bonds is 3. The Hall–Kier alpha value is -1.20. The maximum atomic E-state index is 12.7. The highest BCUT2D eigenvalue weighted by Gasteiger charge is 2.07. The molecular formula is C10H13ClF2N2O. The van der Waals surface area contributed by atoms with Crippen LogP contribution in [0.1, 0.15) is 13.3 Å². The summed E-state index contributed by atoms with van der Waals surface area (Å²) in [7, 11) is 0. The van der Waals surface area contributed by atoms with E-state index >= 15 is 0 Å². The van der Waals surface area contributed by atoms with Crippen molar-refractivity contribution in [3.8, 4) is 0 Å². The lowest BCUT2D eigenvalue weighted by Crippen LogP contribution is -2.24. The molecule has 90 valence electrons. The normalized spacial score (nSPS) is 11.5. The lowest BCUT2D eigenvalue weighted by Gasteiger charge is -2.07. The second-order valence-corrected chi connectivity index (χ2v) is 3.36. The van der Waals surface area contributed by atoms with Crippen molar-refractivity contribution in [2.75, 3.05) is 5.32 Å². The molecule has 0 spiro atoms. The molecule has 0 aliphatic heterocycles. The van der Waals surface area contributed by atoms with E-state index in [9.17, 15) is 13.6 Å². The number of nitrogens with two attached hydrogens (primary N) is 1. The summed E-state index contributed by atoms with van der Waals surface area (Å²) < 4.78 is 25.3. The van der Waals surface area contributed by atoms with Gasteiger partial charge in [-0.15, -0.1) is 12.4 Å². The summed E-state index contributed by atoms with van der Waals surface area (Å²) >= 11 is 0. The molecule has 0 radical (unpaired) electrons. The van der Waals surface area contributed by atoms with Crippen molar-refractivity contribution in [1.29, 1.82) is 0 Å². The number of hydrogen-bond acceptors (Lipinski definition) is 2. The van der Waals surface area contributed by atoms with E-state index in [0.29, 0.717) is 0 Å². The molecule has 16 heavy (non-hydrogen) atoms. The second-order valence-electron chi connectivity index (χ2n) is 3.36. The molecule has 1 rings (SSSR count). The van der Waals surface area contributed by atoms with Crippen LogP contribution in [0, 0.1) is 11.6 Å². The second kappa shape index (κ2) is 6.40. The first-order chi connectivity index (χ1) is 6.99. The summed E-state index contributed by atoms with van der Waals surface area (Å²) in [6.07, 6.45) is 0.138. The molecule has 0 fully saturated rings. The number of carbonyl (C=O) groups excluding carboxylic acids is 1. The SMILES string of the molecule is CC(N)CC(=O)Nc1ccc(F)c(F)c1.Cl. The van der Waals surface area contributed by atoms with Crippen LogP contribution in [0.3, 0.4) is 0 Å². The molecular weight excluding hydrogens is 238 g/mol. The lowest BCUT2D eigenvalue weighted by atomic mass is 10.2. The summed E-state index contributed by atoms with van der Waals surface area (Å²) in [6, 6.07) is 2.90. The van der Waals surface area contributed by atoms with E-state index in [1.165, 1.54) is 6.07 Å². The van der Waals surface area contributed by atoms with Crippen molar-refractivity contribution in [2.45, 2.75) is 19.4 Å². The largest absolute Gasteiger partial charge is 0.327 e. The topological polar surface area (TPSA) is 55.1 Å². The van der Waals surface area contributed by atoms with Gasteiger partial charge in [-0.2, -0.15) is 0 Å². The Kier molecular flexibility index (Phi) is 5.92. The van der Waals surface area contributed by atoms with Gasteiger partial charge in [-0.3, -0.25) is 4.79 Å². The fourth-order valence-electron chi connectivity index (χ4n) is 1.08. The molecule has 3 nitrogen and oxygen atoms in total. The number of amides is 1. The third-order valence-corrected chi connectivity index (χ3v) is 1.71. The summed E-state index contributed by atoms with van der Waals surface area (Å²) in [5.41, 5.74) is 5.63. The van der Waals surface area contributed by atoms with Gasteiger partial charge in [0.1, 0.15) is 0 Å². The van der Waals surface area contributed by atoms with E-state index < -0.39 is 11.6 Å². The molecule has 3 N–H and O–H groups in total. The van der Waals surface area contributed by atoms with Gasteiger partial charge in [-0.1, -0.05) is 0 Å². The Morgan fingerprint density at radius 3 is 2.56 bits per heavy atom. The van der Waals surface area contributed by atoms with E-state index in [4.69, 9.17) is 5.73 Å². The Morgan fingerprint density at radius 2 is 2.06 bits per heavy atom. The van der Waals surface area contributed by atoms with Gasteiger partial charge >= 0.3 is 0 Å². The highest BCUT2D eigenvalue weighted by atomic mass is 35.5. The highest BCUT2D eigenvalue weighted by Crippen LogP contribution is 2.13. The fourth-order valence-corrected chi connectivity index (χ4v) is 1.08. The van der Waals surface area contributed by atoms with Crippen LogP contribution >= 0.6 is 12.4 Å². The summed E-state index contributed by atoms with van der Waals surface area (Å²) in [5, 5.41) is 2.42. The van der Waals surface area contributed by atoms with Crippen LogP contribution in [0.5, 0.6) is 0 Å². The van der Waals surface area contributed by atoms with Crippen molar-refractivity contribution in [3.05, 3.63) is 29.8 Å². The standard InChI is InChI=1S/C10H12F2N2O.ClH/c1-6(13)4-10(15)14-7-2-3-8(11)9(12)5-7;/h2-3,5-6H,4,13H2,1H3,(H,14,15);1H. The molecule has 0 saturated heterocycles. The van der Waals surface area contributed by atoms with Crippen LogP contribution < -0.4 is 11.1 Å². The zero-order chi connectivity index (χ0) is 11.4. The minimum atomic E-state index is -0.992. The molecule has 0 aliphatic carbocycles. The number of nitrogens with one attached hydrogen (secondary N) is 1. The van der Waals surface area contributed by atoms with E-state index in [2.05, 4.69) is 5.32 Å². The summed E-state index contributed by atoms with van der Waals surface area (Å²) in [4.78, 5) is 11.2. The summed E-state index contributed by atoms with van der Waals surface area (Å²) in [5.74, 6) is -2.26. The quantitative estimate of drug-likeness (QED) is 0.863. The zero-order valence-electron chi connectivity index (χ0n) is 8.67. The van der Waals surface area contributed by atoms with Crippen LogP contribution in [0.15, 0.2) is 18.2 Å². The predicted octanol–water partition coefficient (Wildman–Crippen LogP) is 2.06. The van der Waals surface area contributed by atoms with Gasteiger partial charge in [0.25, 0.3) is 0 Å². The van der Waals surface area contributed by atoms with Crippen LogP contribution in [-0.2, 0) is 4.79 Å². The van der Waals surface area contributed by atoms with Gasteiger partial charge in [-0.25, -0.2) is 8.78 Å². The van der Waals surface area contributed by atoms with Crippen molar-refractivity contribution in [3.63, 3.8) is 0 Å². The number of carbonyl (C=O) groups is 1. The first kappa shape index (κ1) is 14.8. The Morgan fingerprint density at radius 1 is 1.44 bits per heavy atom. The van der Waals surface area contributed by atoms with E-state index in [-0.39, 0.29) is 36.5 Å². The van der Waals surface area contributed by atoms with Crippen molar-refractivity contribution in [1.82, 2.24) is 0 Å². The molecule has 1 aromatic carbocycles. The third-order valence-electron chi connectivity index (χ3n) is 1.71. The molecule has 0 bridgehead atoms. The van der Waals surface area contributed by atoms with Crippen molar-refractivity contribution >= 4 is 24.0 Å². The van der Waals surface area contributed by atoms with Gasteiger partial charge in [0.2, 0.25) is 5.91 Å².